The van der Waals surface area contributed by atoms with Crippen LogP contribution in [0.25, 0.3) is 10.9 Å². The summed E-state index contributed by atoms with van der Waals surface area (Å²) in [5.41, 5.74) is -1.09. The Morgan fingerprint density at radius 1 is 1.35 bits per heavy atom. The molecule has 2 N–H and O–H groups in total. The lowest BCUT2D eigenvalue weighted by atomic mass is 10.0. The first-order chi connectivity index (χ1) is 15.9. The van der Waals surface area contributed by atoms with Crippen LogP contribution in [0.4, 0.5) is 14.9 Å². The summed E-state index contributed by atoms with van der Waals surface area (Å²) >= 11 is 0. The van der Waals surface area contributed by atoms with Crippen LogP contribution in [-0.2, 0) is 4.74 Å². The number of carbonyl (C=O) groups excluding carboxylic acids is 1. The van der Waals surface area contributed by atoms with Crippen molar-refractivity contribution in [2.45, 2.75) is 58.7 Å². The molecule has 0 bridgehead atoms. The smallest absolute Gasteiger partial charge is 0.407 e. The van der Waals surface area contributed by atoms with Crippen LogP contribution in [0.1, 0.15) is 57.4 Å². The van der Waals surface area contributed by atoms with Crippen LogP contribution in [0.3, 0.4) is 0 Å². The number of hydrogen-bond acceptors (Lipinski definition) is 6. The minimum absolute atomic E-state index is 0.0154. The van der Waals surface area contributed by atoms with E-state index in [0.717, 1.165) is 12.5 Å². The van der Waals surface area contributed by atoms with Crippen molar-refractivity contribution in [3.63, 3.8) is 0 Å². The first kappa shape index (κ1) is 23.8. The van der Waals surface area contributed by atoms with E-state index in [4.69, 9.17) is 9.47 Å². The number of nitrogens with zero attached hydrogens (tertiary/aromatic N) is 2. The zero-order valence-electron chi connectivity index (χ0n) is 20.0. The number of benzene rings is 1. The Bertz CT molecular complexity index is 1220. The summed E-state index contributed by atoms with van der Waals surface area (Å²) < 4.78 is 28.3. The van der Waals surface area contributed by atoms with Crippen molar-refractivity contribution in [1.29, 1.82) is 0 Å². The standard InChI is InChI=1S/C24H30FN3O6/c1-12-11-33-21-18-15(20(29)16(22(30)31)10-28(12)18)8-17(25)19(21)27-7-6-14(9-27)13(2)26-23(32)34-24(3,4)5/h8,10,12-14H,6-7,9,11H2,1-5H3,(H,26,32)(H,30,31)/t12-,13-,14+/m0/s1. The predicted octanol–water partition coefficient (Wildman–Crippen LogP) is 3.53. The van der Waals surface area contributed by atoms with Crippen molar-refractivity contribution in [2.75, 3.05) is 24.6 Å². The molecule has 10 heteroatoms. The lowest BCUT2D eigenvalue weighted by Crippen LogP contribution is -2.42. The molecule has 1 aromatic heterocycles. The van der Waals surface area contributed by atoms with Crippen LogP contribution in [0.5, 0.6) is 5.75 Å². The fraction of sp³-hybridized carbons (Fsp3) is 0.542. The maximum absolute atomic E-state index is 15.4. The lowest BCUT2D eigenvalue weighted by molar-refractivity contribution is 0.0494. The van der Waals surface area contributed by atoms with Gasteiger partial charge in [0.05, 0.1) is 16.9 Å². The maximum atomic E-state index is 15.4. The highest BCUT2D eigenvalue weighted by molar-refractivity contribution is 5.97. The summed E-state index contributed by atoms with van der Waals surface area (Å²) in [4.78, 5) is 38.4. The Labute approximate surface area is 196 Å². The molecule has 9 nitrogen and oxygen atoms in total. The van der Waals surface area contributed by atoms with E-state index in [1.165, 1.54) is 6.20 Å². The van der Waals surface area contributed by atoms with Gasteiger partial charge in [-0.05, 0) is 53.0 Å². The van der Waals surface area contributed by atoms with Gasteiger partial charge in [-0.1, -0.05) is 0 Å². The van der Waals surface area contributed by atoms with Gasteiger partial charge in [0.25, 0.3) is 0 Å². The molecule has 1 fully saturated rings. The number of halogens is 1. The molecule has 0 radical (unpaired) electrons. The number of hydrogen-bond donors (Lipinski definition) is 2. The lowest BCUT2D eigenvalue weighted by Gasteiger charge is -2.31. The molecule has 184 valence electrons. The Balaban J connectivity index is 1.67. The molecular formula is C24H30FN3O6. The van der Waals surface area contributed by atoms with E-state index in [2.05, 4.69) is 5.32 Å². The number of nitrogens with one attached hydrogen (secondary N) is 1. The number of alkyl carbamates (subject to hydrolysis) is 1. The number of anilines is 1. The van der Waals surface area contributed by atoms with E-state index >= 15 is 4.39 Å². The average Bonchev–Trinajstić information content (AvgIpc) is 3.20. The van der Waals surface area contributed by atoms with Gasteiger partial charge in [0, 0.05) is 25.3 Å². The van der Waals surface area contributed by atoms with E-state index in [-0.39, 0.29) is 41.4 Å². The van der Waals surface area contributed by atoms with Crippen LogP contribution >= 0.6 is 0 Å². The number of aromatic carboxylic acids is 1. The molecule has 2 aliphatic rings. The van der Waals surface area contributed by atoms with Crippen molar-refractivity contribution in [2.24, 2.45) is 5.92 Å². The molecule has 0 unspecified atom stereocenters. The van der Waals surface area contributed by atoms with E-state index in [0.29, 0.717) is 18.6 Å². The number of carboxylic acid groups (broad SMARTS) is 1. The van der Waals surface area contributed by atoms with Gasteiger partial charge in [-0.25, -0.2) is 14.0 Å². The molecule has 1 saturated heterocycles. The maximum Gasteiger partial charge on any atom is 0.407 e. The SMILES string of the molecule is C[C@H](NC(=O)OC(C)(C)C)[C@@H]1CCN(c2c(F)cc3c(=O)c(C(=O)O)cn4c3c2OC[C@@H]4C)C1. The second-order valence-electron chi connectivity index (χ2n) is 10.1. The molecule has 3 atom stereocenters. The molecular weight excluding hydrogens is 445 g/mol. The monoisotopic (exact) mass is 475 g/mol. The molecule has 34 heavy (non-hydrogen) atoms. The van der Waals surface area contributed by atoms with Gasteiger partial charge in [0.1, 0.15) is 23.5 Å². The first-order valence-electron chi connectivity index (χ1n) is 11.4. The van der Waals surface area contributed by atoms with Crippen molar-refractivity contribution in [1.82, 2.24) is 9.88 Å². The Morgan fingerprint density at radius 2 is 2.06 bits per heavy atom. The third-order valence-corrected chi connectivity index (χ3v) is 6.36. The van der Waals surface area contributed by atoms with Crippen LogP contribution < -0.4 is 20.4 Å². The van der Waals surface area contributed by atoms with Crippen LogP contribution in [0.15, 0.2) is 17.1 Å². The van der Waals surface area contributed by atoms with Crippen molar-refractivity contribution in [3.8, 4) is 5.75 Å². The second-order valence-corrected chi connectivity index (χ2v) is 10.1. The fourth-order valence-corrected chi connectivity index (χ4v) is 4.67. The average molecular weight is 476 g/mol. The highest BCUT2D eigenvalue weighted by Gasteiger charge is 2.35. The molecule has 0 spiro atoms. The normalized spacial score (nSPS) is 20.7. The minimum Gasteiger partial charge on any atom is -0.487 e. The van der Waals surface area contributed by atoms with Crippen LogP contribution in [0, 0.1) is 11.7 Å². The Kier molecular flexibility index (Phi) is 5.95. The summed E-state index contributed by atoms with van der Waals surface area (Å²) in [5, 5.41) is 12.3. The number of carboxylic acids is 1. The number of carbonyl (C=O) groups is 2. The van der Waals surface area contributed by atoms with Crippen LogP contribution in [-0.4, -0.2) is 53.1 Å². The predicted molar refractivity (Wildman–Crippen MR) is 124 cm³/mol. The van der Waals surface area contributed by atoms with E-state index in [1.807, 2.05) is 18.7 Å². The van der Waals surface area contributed by atoms with Crippen LogP contribution in [0.2, 0.25) is 0 Å². The molecule has 4 rings (SSSR count). The van der Waals surface area contributed by atoms with Crippen molar-refractivity contribution in [3.05, 3.63) is 33.9 Å². The van der Waals surface area contributed by atoms with Crippen molar-refractivity contribution >= 4 is 28.7 Å². The first-order valence-corrected chi connectivity index (χ1v) is 11.4. The topological polar surface area (TPSA) is 110 Å². The van der Waals surface area contributed by atoms with Crippen molar-refractivity contribution < 1.29 is 28.6 Å². The van der Waals surface area contributed by atoms with Gasteiger partial charge < -0.3 is 29.4 Å². The minimum atomic E-state index is -1.35. The Hall–Kier alpha value is -3.30. The van der Waals surface area contributed by atoms with Gasteiger partial charge in [0.15, 0.2) is 11.6 Å². The van der Waals surface area contributed by atoms with Gasteiger partial charge in [-0.3, -0.25) is 4.79 Å². The van der Waals surface area contributed by atoms with Gasteiger partial charge >= 0.3 is 12.1 Å². The molecule has 3 heterocycles. The zero-order chi connectivity index (χ0) is 24.9. The van der Waals surface area contributed by atoms with E-state index in [9.17, 15) is 19.5 Å². The molecule has 1 aromatic carbocycles. The van der Waals surface area contributed by atoms with E-state index < -0.39 is 34.5 Å². The highest BCUT2D eigenvalue weighted by Crippen LogP contribution is 2.43. The molecule has 0 aliphatic carbocycles. The number of aromatic nitrogens is 1. The summed E-state index contributed by atoms with van der Waals surface area (Å²) in [7, 11) is 0. The summed E-state index contributed by atoms with van der Waals surface area (Å²) in [5.74, 6) is -1.70. The molecule has 1 amide bonds. The zero-order valence-corrected chi connectivity index (χ0v) is 20.0. The van der Waals surface area contributed by atoms with E-state index in [1.54, 1.807) is 25.3 Å². The molecule has 2 aliphatic heterocycles. The number of rotatable bonds is 4. The van der Waals surface area contributed by atoms with Gasteiger partial charge in [0.2, 0.25) is 5.43 Å². The second kappa shape index (κ2) is 8.48. The van der Waals surface area contributed by atoms with Gasteiger partial charge in [-0.15, -0.1) is 0 Å². The highest BCUT2D eigenvalue weighted by atomic mass is 19.1. The number of amides is 1. The summed E-state index contributed by atoms with van der Waals surface area (Å²) in [6.45, 7) is 10.3. The third kappa shape index (κ3) is 4.28. The Morgan fingerprint density at radius 3 is 2.71 bits per heavy atom. The molecule has 2 aromatic rings. The summed E-state index contributed by atoms with van der Waals surface area (Å²) in [6, 6.07) is 0.685. The number of pyridine rings is 1. The third-order valence-electron chi connectivity index (χ3n) is 6.36. The largest absolute Gasteiger partial charge is 0.487 e. The summed E-state index contributed by atoms with van der Waals surface area (Å²) in [6.07, 6.45) is 1.53. The molecule has 0 saturated carbocycles. The van der Waals surface area contributed by atoms with Gasteiger partial charge in [-0.2, -0.15) is 0 Å². The fourth-order valence-electron chi connectivity index (χ4n) is 4.67. The number of ether oxygens (including phenoxy) is 2. The quantitative estimate of drug-likeness (QED) is 0.696.